The Hall–Kier alpha value is -2.07. The molecule has 1 heterocycles. The SMILES string of the molecule is O=C(OCc1ccccc1Br)N1C=Cc2ccccc2C1. The molecule has 0 spiro atoms. The normalized spacial score (nSPS) is 12.9. The molecule has 1 aliphatic rings. The molecule has 2 aromatic rings. The number of hydrogen-bond acceptors (Lipinski definition) is 2. The number of amides is 1. The summed E-state index contributed by atoms with van der Waals surface area (Å²) in [5.74, 6) is 0. The van der Waals surface area contributed by atoms with Crippen LogP contribution in [0.2, 0.25) is 0 Å². The molecule has 0 aliphatic carbocycles. The Morgan fingerprint density at radius 3 is 2.76 bits per heavy atom. The zero-order chi connectivity index (χ0) is 14.7. The van der Waals surface area contributed by atoms with E-state index < -0.39 is 0 Å². The maximum absolute atomic E-state index is 12.1. The molecule has 2 aromatic carbocycles. The maximum Gasteiger partial charge on any atom is 0.414 e. The van der Waals surface area contributed by atoms with E-state index >= 15 is 0 Å². The van der Waals surface area contributed by atoms with E-state index in [0.29, 0.717) is 6.54 Å². The molecule has 0 unspecified atom stereocenters. The molecule has 3 rings (SSSR count). The second kappa shape index (κ2) is 6.14. The lowest BCUT2D eigenvalue weighted by Crippen LogP contribution is -2.28. The molecule has 0 aromatic heterocycles. The Morgan fingerprint density at radius 1 is 1.14 bits per heavy atom. The summed E-state index contributed by atoms with van der Waals surface area (Å²) < 4.78 is 6.31. The third-order valence-electron chi connectivity index (χ3n) is 3.37. The van der Waals surface area contributed by atoms with Gasteiger partial charge < -0.3 is 4.74 Å². The van der Waals surface area contributed by atoms with E-state index in [4.69, 9.17) is 4.74 Å². The van der Waals surface area contributed by atoms with Gasteiger partial charge in [-0.1, -0.05) is 58.4 Å². The average molecular weight is 344 g/mol. The molecule has 21 heavy (non-hydrogen) atoms. The summed E-state index contributed by atoms with van der Waals surface area (Å²) in [5.41, 5.74) is 3.22. The van der Waals surface area contributed by atoms with Gasteiger partial charge in [-0.3, -0.25) is 4.90 Å². The highest BCUT2D eigenvalue weighted by Gasteiger charge is 2.17. The Balaban J connectivity index is 1.64. The van der Waals surface area contributed by atoms with Crippen LogP contribution in [0.25, 0.3) is 6.08 Å². The van der Waals surface area contributed by atoms with Crippen LogP contribution in [-0.4, -0.2) is 11.0 Å². The van der Waals surface area contributed by atoms with E-state index in [1.165, 1.54) is 0 Å². The zero-order valence-electron chi connectivity index (χ0n) is 11.3. The summed E-state index contributed by atoms with van der Waals surface area (Å²) in [7, 11) is 0. The monoisotopic (exact) mass is 343 g/mol. The van der Waals surface area contributed by atoms with Crippen LogP contribution >= 0.6 is 15.9 Å². The second-order valence-corrected chi connectivity index (χ2v) is 5.64. The largest absolute Gasteiger partial charge is 0.444 e. The van der Waals surface area contributed by atoms with Crippen molar-refractivity contribution in [2.45, 2.75) is 13.2 Å². The molecule has 106 valence electrons. The van der Waals surface area contributed by atoms with E-state index in [0.717, 1.165) is 21.2 Å². The fraction of sp³-hybridized carbons (Fsp3) is 0.118. The summed E-state index contributed by atoms with van der Waals surface area (Å²) >= 11 is 3.44. The first-order valence-electron chi connectivity index (χ1n) is 6.67. The highest BCUT2D eigenvalue weighted by Crippen LogP contribution is 2.21. The van der Waals surface area contributed by atoms with E-state index in [1.807, 2.05) is 54.6 Å². The molecule has 0 atom stereocenters. The lowest BCUT2D eigenvalue weighted by Gasteiger charge is -2.23. The van der Waals surface area contributed by atoms with Gasteiger partial charge in [0.05, 0.1) is 6.54 Å². The minimum absolute atomic E-state index is 0.256. The number of carbonyl (C=O) groups excluding carboxylic acids is 1. The second-order valence-electron chi connectivity index (χ2n) is 4.79. The van der Waals surface area contributed by atoms with Gasteiger partial charge in [0.1, 0.15) is 6.61 Å². The average Bonchev–Trinajstić information content (AvgIpc) is 2.53. The molecule has 1 aliphatic heterocycles. The number of rotatable bonds is 2. The highest BCUT2D eigenvalue weighted by molar-refractivity contribution is 9.10. The van der Waals surface area contributed by atoms with E-state index in [1.54, 1.807) is 11.1 Å². The van der Waals surface area contributed by atoms with Gasteiger partial charge in [-0.25, -0.2) is 4.79 Å². The zero-order valence-corrected chi connectivity index (χ0v) is 12.9. The summed E-state index contributed by atoms with van der Waals surface area (Å²) in [4.78, 5) is 13.7. The van der Waals surface area contributed by atoms with Gasteiger partial charge in [-0.2, -0.15) is 0 Å². The van der Waals surface area contributed by atoms with Gasteiger partial charge in [-0.05, 0) is 23.3 Å². The fourth-order valence-electron chi connectivity index (χ4n) is 2.21. The Labute approximate surface area is 132 Å². The first-order valence-corrected chi connectivity index (χ1v) is 7.46. The summed E-state index contributed by atoms with van der Waals surface area (Å²) in [6.45, 7) is 0.799. The van der Waals surface area contributed by atoms with E-state index in [2.05, 4.69) is 15.9 Å². The maximum atomic E-state index is 12.1. The number of ether oxygens (including phenoxy) is 1. The fourth-order valence-corrected chi connectivity index (χ4v) is 2.61. The standard InChI is InChI=1S/C17H14BrNO2/c18-16-8-4-3-7-15(16)12-21-17(20)19-10-9-13-5-1-2-6-14(13)11-19/h1-10H,11-12H2. The predicted molar refractivity (Wildman–Crippen MR) is 85.3 cm³/mol. The molecule has 0 N–H and O–H groups in total. The van der Waals surface area contributed by atoms with Crippen molar-refractivity contribution in [3.63, 3.8) is 0 Å². The van der Waals surface area contributed by atoms with Gasteiger partial charge >= 0.3 is 6.09 Å². The van der Waals surface area contributed by atoms with Crippen molar-refractivity contribution < 1.29 is 9.53 Å². The van der Waals surface area contributed by atoms with Crippen LogP contribution in [0.3, 0.4) is 0 Å². The summed E-state index contributed by atoms with van der Waals surface area (Å²) in [6.07, 6.45) is 3.36. The molecular formula is C17H14BrNO2. The van der Waals surface area contributed by atoms with Gasteiger partial charge in [0.25, 0.3) is 0 Å². The topological polar surface area (TPSA) is 29.5 Å². The molecule has 1 amide bonds. The van der Waals surface area contributed by atoms with Crippen LogP contribution in [0.1, 0.15) is 16.7 Å². The minimum Gasteiger partial charge on any atom is -0.444 e. The van der Waals surface area contributed by atoms with Gasteiger partial charge in [0.2, 0.25) is 0 Å². The third-order valence-corrected chi connectivity index (χ3v) is 4.15. The Kier molecular flexibility index (Phi) is 4.06. The quantitative estimate of drug-likeness (QED) is 0.799. The molecule has 3 nitrogen and oxygen atoms in total. The van der Waals surface area contributed by atoms with Crippen molar-refractivity contribution in [2.75, 3.05) is 0 Å². The van der Waals surface area contributed by atoms with Gasteiger partial charge in [0, 0.05) is 16.2 Å². The number of fused-ring (bicyclic) bond motifs is 1. The predicted octanol–water partition coefficient (Wildman–Crippen LogP) is 4.57. The van der Waals surface area contributed by atoms with Crippen LogP contribution in [0, 0.1) is 0 Å². The molecule has 0 bridgehead atoms. The Bertz CT molecular complexity index is 697. The first kappa shape index (κ1) is 13.9. The van der Waals surface area contributed by atoms with Gasteiger partial charge in [-0.15, -0.1) is 0 Å². The third kappa shape index (κ3) is 3.16. The highest BCUT2D eigenvalue weighted by atomic mass is 79.9. The van der Waals surface area contributed by atoms with E-state index in [-0.39, 0.29) is 12.7 Å². The molecule has 0 saturated heterocycles. The van der Waals surface area contributed by atoms with Crippen LogP contribution in [0.4, 0.5) is 4.79 Å². The summed E-state index contributed by atoms with van der Waals surface area (Å²) in [6, 6.07) is 15.7. The molecular weight excluding hydrogens is 330 g/mol. The number of nitrogens with zero attached hydrogens (tertiary/aromatic N) is 1. The molecule has 0 radical (unpaired) electrons. The van der Waals surface area contributed by atoms with Crippen molar-refractivity contribution in [1.82, 2.24) is 4.90 Å². The number of hydrogen-bond donors (Lipinski definition) is 0. The number of halogens is 1. The van der Waals surface area contributed by atoms with Crippen LogP contribution in [-0.2, 0) is 17.9 Å². The van der Waals surface area contributed by atoms with Crippen molar-refractivity contribution in [3.05, 3.63) is 75.9 Å². The molecule has 0 fully saturated rings. The lowest BCUT2D eigenvalue weighted by molar-refractivity contribution is 0.108. The lowest BCUT2D eigenvalue weighted by atomic mass is 10.1. The molecule has 0 saturated carbocycles. The smallest absolute Gasteiger partial charge is 0.414 e. The molecule has 4 heteroatoms. The van der Waals surface area contributed by atoms with Crippen molar-refractivity contribution in [2.24, 2.45) is 0 Å². The van der Waals surface area contributed by atoms with Gasteiger partial charge in [0.15, 0.2) is 0 Å². The minimum atomic E-state index is -0.337. The number of carbonyl (C=O) groups is 1. The van der Waals surface area contributed by atoms with Crippen molar-refractivity contribution in [3.8, 4) is 0 Å². The first-order chi connectivity index (χ1) is 10.2. The van der Waals surface area contributed by atoms with Crippen LogP contribution < -0.4 is 0 Å². The Morgan fingerprint density at radius 2 is 1.90 bits per heavy atom. The van der Waals surface area contributed by atoms with Crippen LogP contribution in [0.5, 0.6) is 0 Å². The van der Waals surface area contributed by atoms with Crippen molar-refractivity contribution in [1.29, 1.82) is 0 Å². The number of benzene rings is 2. The van der Waals surface area contributed by atoms with E-state index in [9.17, 15) is 4.79 Å². The van der Waals surface area contributed by atoms with Crippen molar-refractivity contribution >= 4 is 28.1 Å². The summed E-state index contributed by atoms with van der Waals surface area (Å²) in [5, 5.41) is 0. The van der Waals surface area contributed by atoms with Crippen LogP contribution in [0.15, 0.2) is 59.2 Å².